The summed E-state index contributed by atoms with van der Waals surface area (Å²) in [4.78, 5) is 22.5. The summed E-state index contributed by atoms with van der Waals surface area (Å²) in [6.07, 6.45) is 7.13. The van der Waals surface area contributed by atoms with Crippen molar-refractivity contribution in [1.29, 1.82) is 0 Å². The summed E-state index contributed by atoms with van der Waals surface area (Å²) in [5, 5.41) is 3.40. The van der Waals surface area contributed by atoms with Crippen LogP contribution in [-0.2, 0) is 28.3 Å². The van der Waals surface area contributed by atoms with Crippen LogP contribution in [0.5, 0.6) is 5.75 Å². The summed E-state index contributed by atoms with van der Waals surface area (Å²) in [6, 6.07) is 5.37. The molecule has 1 N–H and O–H groups in total. The van der Waals surface area contributed by atoms with Crippen molar-refractivity contribution >= 4 is 11.8 Å². The van der Waals surface area contributed by atoms with E-state index in [-0.39, 0.29) is 17.4 Å². The molecule has 0 radical (unpaired) electrons. The number of alkyl halides is 2. The van der Waals surface area contributed by atoms with E-state index in [2.05, 4.69) is 29.4 Å². The third kappa shape index (κ3) is 8.62. The number of likely N-dealkylation sites (tertiary alicyclic amines) is 1. The molecule has 7 nitrogen and oxygen atoms in total. The number of likely N-dealkylation sites (N-methyl/N-ethyl adjacent to an activating group) is 1. The van der Waals surface area contributed by atoms with E-state index in [9.17, 15) is 13.6 Å². The Kier molecular flexibility index (Phi) is 10.6. The number of aromatic nitrogens is 1. The Morgan fingerprint density at radius 2 is 1.95 bits per heavy atom. The minimum atomic E-state index is -3.29. The van der Waals surface area contributed by atoms with Gasteiger partial charge in [-0.3, -0.25) is 4.90 Å². The zero-order chi connectivity index (χ0) is 31.4. The van der Waals surface area contributed by atoms with Gasteiger partial charge in [-0.2, -0.15) is 0 Å². The van der Waals surface area contributed by atoms with Crippen molar-refractivity contribution in [3.05, 3.63) is 52.5 Å². The second-order valence-corrected chi connectivity index (χ2v) is 13.0. The first kappa shape index (κ1) is 33.1. The molecule has 43 heavy (non-hydrogen) atoms. The van der Waals surface area contributed by atoms with Crippen molar-refractivity contribution in [1.82, 2.24) is 14.8 Å². The number of fused-ring (bicyclic) bond motifs is 1. The zero-order valence-electron chi connectivity index (χ0n) is 26.4. The van der Waals surface area contributed by atoms with Gasteiger partial charge in [-0.25, -0.2) is 22.9 Å². The average Bonchev–Trinajstić information content (AvgIpc) is 3.41. The predicted molar refractivity (Wildman–Crippen MR) is 162 cm³/mol. The van der Waals surface area contributed by atoms with Gasteiger partial charge in [-0.15, -0.1) is 0 Å². The maximum absolute atomic E-state index is 15.0. The van der Waals surface area contributed by atoms with Crippen LogP contribution in [0.25, 0.3) is 0 Å². The number of aryl methyl sites for hydroxylation is 2. The number of methoxy groups -OCH3 is 1. The van der Waals surface area contributed by atoms with Crippen molar-refractivity contribution < 1.29 is 27.4 Å². The summed E-state index contributed by atoms with van der Waals surface area (Å²) in [6.45, 7) is 8.88. The summed E-state index contributed by atoms with van der Waals surface area (Å²) in [7, 11) is 3.35. The number of unbranched alkanes of at least 4 members (excludes halogenated alkanes) is 2. The number of benzene rings is 1. The largest absolute Gasteiger partial charge is 0.493 e. The number of nitrogens with zero attached hydrogens (tertiary/aromatic N) is 3. The molecule has 0 saturated carbocycles. The fraction of sp³-hybridized carbons (Fsp3) is 0.636. The van der Waals surface area contributed by atoms with Crippen LogP contribution >= 0.6 is 0 Å². The minimum Gasteiger partial charge on any atom is -0.493 e. The molecular formula is C33H47F3N4O3. The highest BCUT2D eigenvalue weighted by molar-refractivity contribution is 5.79. The maximum Gasteiger partial charge on any atom is 0.328 e. The summed E-state index contributed by atoms with van der Waals surface area (Å²) in [5.74, 6) is -4.02. The number of anilines is 1. The first-order valence-electron chi connectivity index (χ1n) is 15.4. The second-order valence-electron chi connectivity index (χ2n) is 13.0. The number of hydrogen-bond acceptors (Lipinski definition) is 7. The number of nitrogens with one attached hydrogen (secondary N) is 1. The molecule has 2 aliphatic rings. The Labute approximate surface area is 254 Å². The van der Waals surface area contributed by atoms with Gasteiger partial charge in [-0.05, 0) is 96.7 Å². The van der Waals surface area contributed by atoms with Crippen LogP contribution in [0.4, 0.5) is 19.0 Å². The summed E-state index contributed by atoms with van der Waals surface area (Å²) >= 11 is 0. The van der Waals surface area contributed by atoms with Gasteiger partial charge < -0.3 is 19.7 Å². The monoisotopic (exact) mass is 604 g/mol. The molecule has 1 aromatic carbocycles. The molecule has 0 aliphatic carbocycles. The Hall–Kier alpha value is -2.85. The number of carbonyl (C=O) groups excluding carboxylic acids is 1. The van der Waals surface area contributed by atoms with Crippen LogP contribution in [0, 0.1) is 5.82 Å². The number of esters is 1. The zero-order valence-corrected chi connectivity index (χ0v) is 26.4. The van der Waals surface area contributed by atoms with Gasteiger partial charge in [0.25, 0.3) is 5.92 Å². The van der Waals surface area contributed by atoms with Gasteiger partial charge in [-0.1, -0.05) is 12.5 Å². The molecule has 2 atom stereocenters. The third-order valence-electron chi connectivity index (χ3n) is 8.29. The van der Waals surface area contributed by atoms with E-state index < -0.39 is 34.9 Å². The summed E-state index contributed by atoms with van der Waals surface area (Å²) in [5.41, 5.74) is 1.16. The fourth-order valence-corrected chi connectivity index (χ4v) is 6.01. The molecule has 10 heteroatoms. The van der Waals surface area contributed by atoms with E-state index in [0.29, 0.717) is 20.0 Å². The van der Waals surface area contributed by atoms with Gasteiger partial charge >= 0.3 is 5.97 Å². The lowest BCUT2D eigenvalue weighted by atomic mass is 9.98. The quantitative estimate of drug-likeness (QED) is 0.219. The molecule has 4 rings (SSSR count). The molecule has 0 bridgehead atoms. The van der Waals surface area contributed by atoms with Gasteiger partial charge in [0.15, 0.2) is 11.6 Å². The van der Waals surface area contributed by atoms with Crippen LogP contribution in [-0.4, -0.2) is 72.7 Å². The number of pyridine rings is 1. The topological polar surface area (TPSA) is 66.9 Å². The van der Waals surface area contributed by atoms with Crippen molar-refractivity contribution in [3.8, 4) is 5.75 Å². The van der Waals surface area contributed by atoms with Crippen LogP contribution in [0.2, 0.25) is 0 Å². The molecule has 1 aromatic heterocycles. The molecule has 3 heterocycles. The number of hydrogen-bond donors (Lipinski definition) is 1. The standard InChI is InChI=1S/C33H47F3N4O3/c1-32(2,3)43-31(41)28(26-19-23(33(4,35)36)20-27(34)29(26)42-6)40-18-15-25(21-40)39(5)17-9-7-8-12-24-14-13-22-11-10-16-37-30(22)38-24/h13-14,19-20,25,28H,7-12,15-18,21H2,1-6H3,(H,37,38)/t25-,28?/m1/s1. The molecule has 1 saturated heterocycles. The SMILES string of the molecule is COc1c(F)cc(C(C)(F)F)cc1C(C(=O)OC(C)(C)C)N1CC[C@@H](N(C)CCCCCc2ccc3c(n2)NCCC3)C1. The first-order valence-corrected chi connectivity index (χ1v) is 15.4. The van der Waals surface area contributed by atoms with Crippen LogP contribution in [0.1, 0.15) is 88.2 Å². The number of ether oxygens (including phenoxy) is 2. The Morgan fingerprint density at radius 3 is 2.65 bits per heavy atom. The lowest BCUT2D eigenvalue weighted by molar-refractivity contribution is -0.161. The summed E-state index contributed by atoms with van der Waals surface area (Å²) < 4.78 is 54.7. The average molecular weight is 605 g/mol. The van der Waals surface area contributed by atoms with Crippen LogP contribution in [0.15, 0.2) is 24.3 Å². The Bertz CT molecular complexity index is 1260. The molecule has 1 unspecified atom stereocenters. The molecule has 238 valence electrons. The smallest absolute Gasteiger partial charge is 0.328 e. The van der Waals surface area contributed by atoms with E-state index >= 15 is 4.39 Å². The van der Waals surface area contributed by atoms with Gasteiger partial charge in [0.2, 0.25) is 0 Å². The third-order valence-corrected chi connectivity index (χ3v) is 8.29. The van der Waals surface area contributed by atoms with Crippen LogP contribution < -0.4 is 10.1 Å². The van der Waals surface area contributed by atoms with E-state index in [1.807, 2.05) is 4.90 Å². The minimum absolute atomic E-state index is 0.0579. The van der Waals surface area contributed by atoms with Gasteiger partial charge in [0.1, 0.15) is 17.5 Å². The molecule has 0 spiro atoms. The van der Waals surface area contributed by atoms with Crippen molar-refractivity contribution in [3.63, 3.8) is 0 Å². The normalized spacial score (nSPS) is 18.3. The second kappa shape index (κ2) is 13.8. The van der Waals surface area contributed by atoms with Crippen molar-refractivity contribution in [2.45, 2.75) is 96.2 Å². The molecule has 2 aliphatic heterocycles. The lowest BCUT2D eigenvalue weighted by Gasteiger charge is -2.32. The number of rotatable bonds is 12. The Balaban J connectivity index is 1.39. The van der Waals surface area contributed by atoms with E-state index in [0.717, 1.165) is 75.6 Å². The Morgan fingerprint density at radius 1 is 1.19 bits per heavy atom. The molecule has 0 amide bonds. The lowest BCUT2D eigenvalue weighted by Crippen LogP contribution is -2.40. The van der Waals surface area contributed by atoms with E-state index in [1.54, 1.807) is 20.8 Å². The van der Waals surface area contributed by atoms with E-state index in [1.165, 1.54) is 18.7 Å². The van der Waals surface area contributed by atoms with E-state index in [4.69, 9.17) is 14.5 Å². The number of carbonyl (C=O) groups is 1. The van der Waals surface area contributed by atoms with Crippen molar-refractivity contribution in [2.24, 2.45) is 0 Å². The first-order chi connectivity index (χ1) is 20.3. The maximum atomic E-state index is 15.0. The van der Waals surface area contributed by atoms with Crippen LogP contribution in [0.3, 0.4) is 0 Å². The van der Waals surface area contributed by atoms with Crippen molar-refractivity contribution in [2.75, 3.05) is 45.7 Å². The molecule has 1 fully saturated rings. The number of halogens is 3. The highest BCUT2D eigenvalue weighted by Gasteiger charge is 2.40. The van der Waals surface area contributed by atoms with Gasteiger partial charge in [0.05, 0.1) is 7.11 Å². The predicted octanol–water partition coefficient (Wildman–Crippen LogP) is 6.50. The highest BCUT2D eigenvalue weighted by atomic mass is 19.3. The molecular weight excluding hydrogens is 557 g/mol. The van der Waals surface area contributed by atoms with Gasteiger partial charge in [0, 0.05) is 49.4 Å². The molecule has 2 aromatic rings. The fourth-order valence-electron chi connectivity index (χ4n) is 6.01. The highest BCUT2D eigenvalue weighted by Crippen LogP contribution is 2.40.